The van der Waals surface area contributed by atoms with E-state index in [-0.39, 0.29) is 10.8 Å². The summed E-state index contributed by atoms with van der Waals surface area (Å²) in [5.74, 6) is 0. The van der Waals surface area contributed by atoms with E-state index >= 15 is 0 Å². The molecule has 9 aromatic carbocycles. The number of allylic oxidation sites excluding steroid dienone is 5. The summed E-state index contributed by atoms with van der Waals surface area (Å²) in [6, 6.07) is 64.7. The Morgan fingerprint density at radius 1 is 0.406 bits per heavy atom. The molecule has 2 nitrogen and oxygen atoms in total. The van der Waals surface area contributed by atoms with Gasteiger partial charge in [0.15, 0.2) is 0 Å². The Labute approximate surface area is 403 Å². The SMILES string of the molecule is C=C(/C=C\C=C/C)c1ccc2c(c1)C(C)(C)c1cc(-c3ccc4oc5c(-c6ccccc6)c6oc7ccc(-c8ccc9c(c8)C(C)(C)c8cc(-c%10ccccc%10)ccc8-9)cc7c6cc5c4c3)ccc1-2. The molecule has 330 valence electrons. The highest BCUT2D eigenvalue weighted by Gasteiger charge is 2.37. The van der Waals surface area contributed by atoms with Crippen LogP contribution in [0.2, 0.25) is 0 Å². The molecule has 0 saturated carbocycles. The first-order valence-electron chi connectivity index (χ1n) is 24.1. The van der Waals surface area contributed by atoms with Crippen molar-refractivity contribution in [2.75, 3.05) is 0 Å². The van der Waals surface area contributed by atoms with Crippen LogP contribution in [-0.2, 0) is 10.8 Å². The van der Waals surface area contributed by atoms with Crippen LogP contribution in [-0.4, -0.2) is 0 Å². The van der Waals surface area contributed by atoms with Gasteiger partial charge in [-0.2, -0.15) is 0 Å². The van der Waals surface area contributed by atoms with Crippen molar-refractivity contribution in [1.82, 2.24) is 0 Å². The minimum atomic E-state index is -0.179. The van der Waals surface area contributed by atoms with Crippen molar-refractivity contribution in [1.29, 1.82) is 0 Å². The van der Waals surface area contributed by atoms with E-state index in [2.05, 4.69) is 222 Å². The third kappa shape index (κ3) is 6.25. The first-order valence-corrected chi connectivity index (χ1v) is 24.1. The molecular weight excluding hydrogens is 837 g/mol. The van der Waals surface area contributed by atoms with Gasteiger partial charge in [0, 0.05) is 32.4 Å². The zero-order chi connectivity index (χ0) is 46.8. The van der Waals surface area contributed by atoms with E-state index in [1.165, 1.54) is 66.8 Å². The molecule has 11 aromatic rings. The van der Waals surface area contributed by atoms with Gasteiger partial charge in [-0.25, -0.2) is 0 Å². The Morgan fingerprint density at radius 3 is 1.32 bits per heavy atom. The molecule has 2 aliphatic carbocycles. The molecular formula is C67H50O2. The molecule has 13 rings (SSSR count). The van der Waals surface area contributed by atoms with Crippen LogP contribution in [0.25, 0.3) is 116 Å². The van der Waals surface area contributed by atoms with Crippen LogP contribution in [0.5, 0.6) is 0 Å². The summed E-state index contributed by atoms with van der Waals surface area (Å²) in [4.78, 5) is 0. The molecule has 0 atom stereocenters. The minimum Gasteiger partial charge on any atom is -0.455 e. The van der Waals surface area contributed by atoms with Gasteiger partial charge in [0.2, 0.25) is 0 Å². The Morgan fingerprint density at radius 2 is 0.826 bits per heavy atom. The largest absolute Gasteiger partial charge is 0.455 e. The van der Waals surface area contributed by atoms with Gasteiger partial charge in [0.25, 0.3) is 0 Å². The monoisotopic (exact) mass is 886 g/mol. The second kappa shape index (κ2) is 15.2. The molecule has 0 fully saturated rings. The first-order chi connectivity index (χ1) is 33.6. The highest BCUT2D eigenvalue weighted by molar-refractivity contribution is 6.22. The molecule has 2 aromatic heterocycles. The Bertz CT molecular complexity index is 4010. The predicted molar refractivity (Wildman–Crippen MR) is 291 cm³/mol. The molecule has 0 radical (unpaired) electrons. The normalized spacial score (nSPS) is 14.3. The van der Waals surface area contributed by atoms with Crippen molar-refractivity contribution in [3.63, 3.8) is 0 Å². The van der Waals surface area contributed by atoms with Gasteiger partial charge in [-0.15, -0.1) is 0 Å². The highest BCUT2D eigenvalue weighted by Crippen LogP contribution is 2.53. The Hall–Kier alpha value is -8.20. The summed E-state index contributed by atoms with van der Waals surface area (Å²) in [5, 5.41) is 4.32. The fourth-order valence-electron chi connectivity index (χ4n) is 11.6. The van der Waals surface area contributed by atoms with Gasteiger partial charge in [0.1, 0.15) is 22.3 Å². The quantitative estimate of drug-likeness (QED) is 0.149. The van der Waals surface area contributed by atoms with Crippen LogP contribution < -0.4 is 0 Å². The smallest absolute Gasteiger partial charge is 0.147 e. The van der Waals surface area contributed by atoms with Gasteiger partial charge < -0.3 is 8.83 Å². The molecule has 2 heteroatoms. The lowest BCUT2D eigenvalue weighted by atomic mass is 9.81. The van der Waals surface area contributed by atoms with Gasteiger partial charge in [-0.3, -0.25) is 0 Å². The van der Waals surface area contributed by atoms with Crippen LogP contribution in [0.1, 0.15) is 62.4 Å². The number of rotatable bonds is 7. The second-order valence-corrected chi connectivity index (χ2v) is 20.1. The molecule has 0 aliphatic heterocycles. The van der Waals surface area contributed by atoms with Gasteiger partial charge in [0.05, 0.1) is 5.56 Å². The highest BCUT2D eigenvalue weighted by atomic mass is 16.3. The molecule has 0 amide bonds. The van der Waals surface area contributed by atoms with Crippen molar-refractivity contribution in [3.05, 3.63) is 235 Å². The maximum Gasteiger partial charge on any atom is 0.147 e. The Kier molecular flexibility index (Phi) is 9.01. The topological polar surface area (TPSA) is 26.3 Å². The molecule has 0 saturated heterocycles. The van der Waals surface area contributed by atoms with Crippen LogP contribution >= 0.6 is 0 Å². The summed E-state index contributed by atoms with van der Waals surface area (Å²) in [5.41, 5.74) is 25.0. The van der Waals surface area contributed by atoms with Crippen LogP contribution in [0.3, 0.4) is 0 Å². The number of fused-ring (bicyclic) bond motifs is 12. The minimum absolute atomic E-state index is 0.153. The third-order valence-corrected chi connectivity index (χ3v) is 15.4. The fourth-order valence-corrected chi connectivity index (χ4v) is 11.6. The van der Waals surface area contributed by atoms with Gasteiger partial charge in [-0.1, -0.05) is 180 Å². The second-order valence-electron chi connectivity index (χ2n) is 20.1. The zero-order valence-electron chi connectivity index (χ0n) is 39.6. The van der Waals surface area contributed by atoms with Crippen LogP contribution in [0.15, 0.2) is 216 Å². The summed E-state index contributed by atoms with van der Waals surface area (Å²) in [7, 11) is 0. The fraction of sp³-hybridized carbons (Fsp3) is 0.104. The van der Waals surface area contributed by atoms with Crippen molar-refractivity contribution >= 4 is 49.5 Å². The summed E-state index contributed by atoms with van der Waals surface area (Å²) < 4.78 is 13.8. The molecule has 0 unspecified atom stereocenters. The average Bonchev–Trinajstić information content (AvgIpc) is 4.07. The maximum atomic E-state index is 6.88. The first kappa shape index (κ1) is 41.0. The Balaban J connectivity index is 0.918. The van der Waals surface area contributed by atoms with Gasteiger partial charge in [-0.05, 0) is 156 Å². The summed E-state index contributed by atoms with van der Waals surface area (Å²) in [6.07, 6.45) is 8.21. The van der Waals surface area contributed by atoms with Crippen molar-refractivity contribution in [2.45, 2.75) is 45.4 Å². The maximum absolute atomic E-state index is 6.88. The predicted octanol–water partition coefficient (Wildman–Crippen LogP) is 18.9. The van der Waals surface area contributed by atoms with E-state index < -0.39 is 0 Å². The van der Waals surface area contributed by atoms with Crippen molar-refractivity contribution < 1.29 is 8.83 Å². The summed E-state index contributed by atoms with van der Waals surface area (Å²) in [6.45, 7) is 15.8. The number of furan rings is 2. The third-order valence-electron chi connectivity index (χ3n) is 15.4. The molecule has 2 heterocycles. The molecule has 0 bridgehead atoms. The molecule has 0 N–H and O–H groups in total. The van der Waals surface area contributed by atoms with E-state index in [0.717, 1.165) is 77.3 Å². The average molecular weight is 887 g/mol. The molecule has 2 aliphatic rings. The van der Waals surface area contributed by atoms with Crippen molar-refractivity contribution in [2.24, 2.45) is 0 Å². The lowest BCUT2D eigenvalue weighted by Gasteiger charge is -2.22. The lowest BCUT2D eigenvalue weighted by Crippen LogP contribution is -2.15. The van der Waals surface area contributed by atoms with E-state index in [0.29, 0.717) is 0 Å². The number of benzene rings is 9. The lowest BCUT2D eigenvalue weighted by molar-refractivity contribution is 0.658. The van der Waals surface area contributed by atoms with Crippen LogP contribution in [0.4, 0.5) is 0 Å². The van der Waals surface area contributed by atoms with E-state index in [9.17, 15) is 0 Å². The van der Waals surface area contributed by atoms with E-state index in [1.54, 1.807) is 0 Å². The standard InChI is InChI=1S/C67H50O2/c1-7-8-11-16-40(2)43-21-27-49-51-29-23-47(37-59(51)66(3,4)57(49)35-43)44-25-31-61-53(33-44)55-39-56-54-34-45(26-32-62(54)69-65(56)63(64(55)68-61)42-19-14-10-15-20-42)48-24-30-52-50-28-22-46(41-17-12-9-13-18-41)36-58(50)67(5,6)60(52)38-48/h7-39H,2H2,1,3-6H3/b8-7-,16-11-. The van der Waals surface area contributed by atoms with E-state index in [4.69, 9.17) is 8.83 Å². The van der Waals surface area contributed by atoms with E-state index in [1.807, 2.05) is 19.1 Å². The number of hydrogen-bond acceptors (Lipinski definition) is 2. The van der Waals surface area contributed by atoms with Gasteiger partial charge >= 0.3 is 0 Å². The summed E-state index contributed by atoms with van der Waals surface area (Å²) >= 11 is 0. The zero-order valence-corrected chi connectivity index (χ0v) is 39.6. The number of hydrogen-bond donors (Lipinski definition) is 0. The molecule has 69 heavy (non-hydrogen) atoms. The molecule has 0 spiro atoms. The van der Waals surface area contributed by atoms with Crippen molar-refractivity contribution in [3.8, 4) is 66.8 Å². The van der Waals surface area contributed by atoms with Crippen LogP contribution in [0, 0.1) is 0 Å².